The van der Waals surface area contributed by atoms with Crippen LogP contribution in [-0.4, -0.2) is 35.9 Å². The Morgan fingerprint density at radius 1 is 1.50 bits per heavy atom. The maximum absolute atomic E-state index is 11.8. The van der Waals surface area contributed by atoms with E-state index >= 15 is 0 Å². The number of hydrogen-bond acceptors (Lipinski definition) is 5. The van der Waals surface area contributed by atoms with E-state index in [1.807, 2.05) is 0 Å². The van der Waals surface area contributed by atoms with Gasteiger partial charge in [-0.2, -0.15) is 5.26 Å². The predicted octanol–water partition coefficient (Wildman–Crippen LogP) is 1.16. The number of ether oxygens (including phenoxy) is 1. The van der Waals surface area contributed by atoms with Crippen LogP contribution >= 0.6 is 0 Å². The first-order valence-electron chi connectivity index (χ1n) is 5.91. The van der Waals surface area contributed by atoms with Crippen LogP contribution in [0.4, 0.5) is 0 Å². The lowest BCUT2D eigenvalue weighted by atomic mass is 10.1. The molecule has 1 atom stereocenters. The molecule has 1 amide bonds. The van der Waals surface area contributed by atoms with Crippen molar-refractivity contribution < 1.29 is 19.7 Å². The van der Waals surface area contributed by atoms with Crippen molar-refractivity contribution in [1.29, 1.82) is 5.26 Å². The van der Waals surface area contributed by atoms with E-state index in [2.05, 4.69) is 5.32 Å². The largest absolute Gasteiger partial charge is 0.504 e. The van der Waals surface area contributed by atoms with Gasteiger partial charge in [0.05, 0.1) is 6.61 Å². The molecular formula is C14H16N2O4. The lowest BCUT2D eigenvalue weighted by molar-refractivity contribution is -0.117. The minimum Gasteiger partial charge on any atom is -0.504 e. The van der Waals surface area contributed by atoms with Crippen molar-refractivity contribution in [3.8, 4) is 17.6 Å². The summed E-state index contributed by atoms with van der Waals surface area (Å²) < 4.78 is 4.89. The minimum absolute atomic E-state index is 0.0990. The van der Waals surface area contributed by atoms with Crippen molar-refractivity contribution >= 4 is 12.0 Å². The molecule has 0 saturated heterocycles. The highest BCUT2D eigenvalue weighted by Crippen LogP contribution is 2.25. The number of nitrogens with zero attached hydrogens (tertiary/aromatic N) is 1. The van der Waals surface area contributed by atoms with Crippen molar-refractivity contribution in [3.63, 3.8) is 0 Å². The van der Waals surface area contributed by atoms with Crippen molar-refractivity contribution in [2.45, 2.75) is 13.0 Å². The second kappa shape index (κ2) is 7.16. The Balaban J connectivity index is 2.89. The fraction of sp³-hybridized carbons (Fsp3) is 0.286. The van der Waals surface area contributed by atoms with Crippen LogP contribution in [0.3, 0.4) is 0 Å². The third-order valence-electron chi connectivity index (χ3n) is 2.47. The summed E-state index contributed by atoms with van der Waals surface area (Å²) in [6.07, 6.45) is 1.33. The van der Waals surface area contributed by atoms with Gasteiger partial charge in [-0.15, -0.1) is 0 Å². The number of rotatable bonds is 5. The number of nitrogens with one attached hydrogen (secondary N) is 1. The molecular weight excluding hydrogens is 260 g/mol. The molecule has 0 bridgehead atoms. The van der Waals surface area contributed by atoms with Gasteiger partial charge < -0.3 is 20.3 Å². The summed E-state index contributed by atoms with van der Waals surface area (Å²) in [5, 5.41) is 30.2. The molecule has 6 nitrogen and oxygen atoms in total. The molecule has 1 unspecified atom stereocenters. The van der Waals surface area contributed by atoms with E-state index in [0.29, 0.717) is 12.2 Å². The highest BCUT2D eigenvalue weighted by Gasteiger charge is 2.12. The molecule has 106 valence electrons. The molecule has 1 aromatic carbocycles. The van der Waals surface area contributed by atoms with Crippen LogP contribution in [-0.2, 0) is 9.53 Å². The Labute approximate surface area is 116 Å². The SMILES string of the molecule is COCC(C)NC(=O)/C(C#N)=C/c1ccc(O)c(O)c1. The zero-order valence-corrected chi connectivity index (χ0v) is 11.3. The third kappa shape index (κ3) is 4.30. The molecule has 0 spiro atoms. The zero-order chi connectivity index (χ0) is 15.1. The summed E-state index contributed by atoms with van der Waals surface area (Å²) in [4.78, 5) is 11.8. The third-order valence-corrected chi connectivity index (χ3v) is 2.47. The Hall–Kier alpha value is -2.52. The van der Waals surface area contributed by atoms with Crippen molar-refractivity contribution in [1.82, 2.24) is 5.32 Å². The molecule has 0 saturated carbocycles. The number of amides is 1. The quantitative estimate of drug-likeness (QED) is 0.425. The van der Waals surface area contributed by atoms with Gasteiger partial charge in [0.15, 0.2) is 11.5 Å². The second-order valence-corrected chi connectivity index (χ2v) is 4.25. The molecule has 3 N–H and O–H groups in total. The van der Waals surface area contributed by atoms with Gasteiger partial charge in [-0.25, -0.2) is 0 Å². The van der Waals surface area contributed by atoms with Crippen LogP contribution in [0.2, 0.25) is 0 Å². The van der Waals surface area contributed by atoms with Gasteiger partial charge in [0, 0.05) is 13.2 Å². The van der Waals surface area contributed by atoms with Gasteiger partial charge >= 0.3 is 0 Å². The number of phenolic OH excluding ortho intramolecular Hbond substituents is 2. The number of benzene rings is 1. The number of methoxy groups -OCH3 is 1. The van der Waals surface area contributed by atoms with Gasteiger partial charge in [0.25, 0.3) is 5.91 Å². The van der Waals surface area contributed by atoms with Gasteiger partial charge in [-0.3, -0.25) is 4.79 Å². The number of phenols is 2. The van der Waals surface area contributed by atoms with Gasteiger partial charge in [-0.05, 0) is 30.7 Å². The molecule has 6 heteroatoms. The molecule has 1 aromatic rings. The molecule has 0 aliphatic carbocycles. The summed E-state index contributed by atoms with van der Waals surface area (Å²) in [5.74, 6) is -1.10. The molecule has 0 radical (unpaired) electrons. The summed E-state index contributed by atoms with van der Waals surface area (Å²) >= 11 is 0. The first kappa shape index (κ1) is 15.5. The number of nitriles is 1. The highest BCUT2D eigenvalue weighted by molar-refractivity contribution is 6.01. The Morgan fingerprint density at radius 2 is 2.20 bits per heavy atom. The van der Waals surface area contributed by atoms with E-state index in [-0.39, 0.29) is 23.1 Å². The summed E-state index contributed by atoms with van der Waals surface area (Å²) in [5.41, 5.74) is 0.337. The maximum Gasteiger partial charge on any atom is 0.262 e. The zero-order valence-electron chi connectivity index (χ0n) is 11.3. The second-order valence-electron chi connectivity index (χ2n) is 4.25. The summed E-state index contributed by atoms with van der Waals surface area (Å²) in [6.45, 7) is 2.09. The van der Waals surface area contributed by atoms with Crippen LogP contribution in [0.5, 0.6) is 11.5 Å². The topological polar surface area (TPSA) is 103 Å². The van der Waals surface area contributed by atoms with E-state index in [9.17, 15) is 15.0 Å². The summed E-state index contributed by atoms with van der Waals surface area (Å²) in [6, 6.07) is 5.60. The van der Waals surface area contributed by atoms with E-state index in [0.717, 1.165) is 0 Å². The lowest BCUT2D eigenvalue weighted by Gasteiger charge is -2.11. The first-order valence-corrected chi connectivity index (χ1v) is 5.91. The van der Waals surface area contributed by atoms with Crippen molar-refractivity contribution in [2.75, 3.05) is 13.7 Å². The number of carbonyl (C=O) groups excluding carboxylic acids is 1. The fourth-order valence-electron chi connectivity index (χ4n) is 1.54. The molecule has 0 fully saturated rings. The molecule has 0 aromatic heterocycles. The number of hydrogen-bond donors (Lipinski definition) is 3. The lowest BCUT2D eigenvalue weighted by Crippen LogP contribution is -2.36. The number of carbonyl (C=O) groups is 1. The van der Waals surface area contributed by atoms with E-state index in [1.165, 1.54) is 31.4 Å². The van der Waals surface area contributed by atoms with E-state index < -0.39 is 5.91 Å². The monoisotopic (exact) mass is 276 g/mol. The molecule has 1 rings (SSSR count). The Morgan fingerprint density at radius 3 is 2.75 bits per heavy atom. The smallest absolute Gasteiger partial charge is 0.262 e. The standard InChI is InChI=1S/C14H16N2O4/c1-9(8-20-2)16-14(19)11(7-15)5-10-3-4-12(17)13(18)6-10/h3-6,9,17-18H,8H2,1-2H3,(H,16,19)/b11-5+. The Bertz CT molecular complexity index is 561. The maximum atomic E-state index is 11.8. The normalized spacial score (nSPS) is 12.6. The average molecular weight is 276 g/mol. The van der Waals surface area contributed by atoms with Crippen LogP contribution < -0.4 is 5.32 Å². The Kier molecular flexibility index (Phi) is 5.56. The predicted molar refractivity (Wildman–Crippen MR) is 72.8 cm³/mol. The van der Waals surface area contributed by atoms with Gasteiger partial charge in [0.1, 0.15) is 11.6 Å². The van der Waals surface area contributed by atoms with Crippen LogP contribution in [0.15, 0.2) is 23.8 Å². The highest BCUT2D eigenvalue weighted by atomic mass is 16.5. The van der Waals surface area contributed by atoms with Crippen LogP contribution in [0.1, 0.15) is 12.5 Å². The van der Waals surface area contributed by atoms with E-state index in [4.69, 9.17) is 10.00 Å². The number of aromatic hydroxyl groups is 2. The minimum atomic E-state index is -0.524. The van der Waals surface area contributed by atoms with Crippen LogP contribution in [0.25, 0.3) is 6.08 Å². The molecule has 20 heavy (non-hydrogen) atoms. The summed E-state index contributed by atoms with van der Waals surface area (Å²) in [7, 11) is 1.52. The average Bonchev–Trinajstić information content (AvgIpc) is 2.40. The van der Waals surface area contributed by atoms with Crippen molar-refractivity contribution in [2.24, 2.45) is 0 Å². The van der Waals surface area contributed by atoms with E-state index in [1.54, 1.807) is 13.0 Å². The van der Waals surface area contributed by atoms with Gasteiger partial charge in [0.2, 0.25) is 0 Å². The fourth-order valence-corrected chi connectivity index (χ4v) is 1.54. The molecule has 0 heterocycles. The molecule has 0 aliphatic rings. The first-order chi connectivity index (χ1) is 9.47. The van der Waals surface area contributed by atoms with Crippen molar-refractivity contribution in [3.05, 3.63) is 29.3 Å². The molecule has 0 aliphatic heterocycles. The van der Waals surface area contributed by atoms with Gasteiger partial charge in [-0.1, -0.05) is 6.07 Å². The van der Waals surface area contributed by atoms with Crippen LogP contribution in [0, 0.1) is 11.3 Å².